The van der Waals surface area contributed by atoms with Crippen molar-refractivity contribution in [3.05, 3.63) is 33.8 Å². The summed E-state index contributed by atoms with van der Waals surface area (Å²) >= 11 is 11.8. The minimum Gasteiger partial charge on any atom is -0.345 e. The first-order valence-electron chi connectivity index (χ1n) is 5.80. The lowest BCUT2D eigenvalue weighted by atomic mass is 10.1. The van der Waals surface area contributed by atoms with E-state index in [1.54, 1.807) is 11.0 Å². The van der Waals surface area contributed by atoms with E-state index in [4.69, 9.17) is 23.2 Å². The normalized spacial score (nSPS) is 10.3. The zero-order valence-electron chi connectivity index (χ0n) is 9.96. The van der Waals surface area contributed by atoms with Gasteiger partial charge in [-0.2, -0.15) is 0 Å². The highest BCUT2D eigenvalue weighted by Crippen LogP contribution is 2.19. The molecule has 0 spiro atoms. The van der Waals surface area contributed by atoms with Crippen molar-refractivity contribution in [1.29, 1.82) is 0 Å². The van der Waals surface area contributed by atoms with Crippen molar-refractivity contribution in [1.82, 2.24) is 4.90 Å². The molecule has 0 heterocycles. The molecule has 4 heteroatoms. The van der Waals surface area contributed by atoms with Crippen molar-refractivity contribution in [2.75, 3.05) is 13.1 Å². The molecule has 0 aliphatic heterocycles. The molecule has 0 unspecified atom stereocenters. The Hall–Kier alpha value is -0.730. The highest BCUT2D eigenvalue weighted by molar-refractivity contribution is 6.34. The largest absolute Gasteiger partial charge is 0.345 e. The molecule has 0 N–H and O–H groups in total. The highest BCUT2D eigenvalue weighted by atomic mass is 35.5. The molecule has 0 fully saturated rings. The first kappa shape index (κ1) is 14.3. The fourth-order valence-electron chi connectivity index (χ4n) is 1.61. The summed E-state index contributed by atoms with van der Waals surface area (Å²) in [5.41, 5.74) is 1.06. The fraction of sp³-hybridized carbons (Fsp3) is 0.462. The van der Waals surface area contributed by atoms with Gasteiger partial charge in [-0.3, -0.25) is 4.79 Å². The number of rotatable bonds is 7. The van der Waals surface area contributed by atoms with E-state index in [1.165, 1.54) is 0 Å². The average molecular weight is 274 g/mol. The molecule has 94 valence electrons. The lowest BCUT2D eigenvalue weighted by Gasteiger charge is -2.16. The number of unbranched alkanes of at least 4 members (excludes halogenated alkanes) is 1. The van der Waals surface area contributed by atoms with Crippen molar-refractivity contribution in [3.8, 4) is 0 Å². The van der Waals surface area contributed by atoms with Crippen LogP contribution in [-0.2, 0) is 11.2 Å². The zero-order valence-corrected chi connectivity index (χ0v) is 11.5. The average Bonchev–Trinajstić information content (AvgIpc) is 2.28. The Balaban J connectivity index is 2.50. The van der Waals surface area contributed by atoms with Gasteiger partial charge in [0, 0.05) is 23.1 Å². The summed E-state index contributed by atoms with van der Waals surface area (Å²) in [4.78, 5) is 12.6. The maximum Gasteiger partial charge on any atom is 0.209 e. The Bertz CT molecular complexity index is 348. The molecule has 0 saturated carbocycles. The second kappa shape index (κ2) is 7.57. The van der Waals surface area contributed by atoms with E-state index in [-0.39, 0.29) is 0 Å². The predicted molar refractivity (Wildman–Crippen MR) is 72.7 cm³/mol. The summed E-state index contributed by atoms with van der Waals surface area (Å²) in [6.07, 6.45) is 3.81. The third-order valence-corrected chi connectivity index (χ3v) is 2.99. The van der Waals surface area contributed by atoms with Crippen LogP contribution in [0.4, 0.5) is 0 Å². The van der Waals surface area contributed by atoms with E-state index in [0.717, 1.165) is 37.8 Å². The number of halogens is 2. The summed E-state index contributed by atoms with van der Waals surface area (Å²) in [6, 6.07) is 5.48. The Morgan fingerprint density at radius 1 is 1.18 bits per heavy atom. The van der Waals surface area contributed by atoms with E-state index in [0.29, 0.717) is 16.6 Å². The Morgan fingerprint density at radius 2 is 1.82 bits per heavy atom. The second-order valence-electron chi connectivity index (χ2n) is 4.02. The predicted octanol–water partition coefficient (Wildman–Crippen LogP) is 3.79. The van der Waals surface area contributed by atoms with E-state index >= 15 is 0 Å². The van der Waals surface area contributed by atoms with E-state index < -0.39 is 0 Å². The number of carbonyl (C=O) groups is 1. The van der Waals surface area contributed by atoms with Gasteiger partial charge in [0.15, 0.2) is 0 Å². The molecule has 0 aliphatic carbocycles. The van der Waals surface area contributed by atoms with Crippen LogP contribution in [-0.4, -0.2) is 24.4 Å². The molecule has 1 aromatic rings. The van der Waals surface area contributed by atoms with Gasteiger partial charge < -0.3 is 4.90 Å². The number of hydrogen-bond acceptors (Lipinski definition) is 1. The minimum absolute atomic E-state index is 0.638. The highest BCUT2D eigenvalue weighted by Gasteiger charge is 2.03. The topological polar surface area (TPSA) is 20.3 Å². The van der Waals surface area contributed by atoms with Crippen LogP contribution in [0.2, 0.25) is 10.0 Å². The molecular weight excluding hydrogens is 257 g/mol. The number of benzene rings is 1. The van der Waals surface area contributed by atoms with Gasteiger partial charge in [-0.1, -0.05) is 36.5 Å². The smallest absolute Gasteiger partial charge is 0.209 e. The molecule has 0 aliphatic rings. The summed E-state index contributed by atoms with van der Waals surface area (Å²) in [6.45, 7) is 3.63. The van der Waals surface area contributed by atoms with Crippen LogP contribution < -0.4 is 0 Å². The van der Waals surface area contributed by atoms with Gasteiger partial charge in [-0.15, -0.1) is 0 Å². The van der Waals surface area contributed by atoms with Crippen molar-refractivity contribution < 1.29 is 4.79 Å². The molecule has 1 aromatic carbocycles. The first-order chi connectivity index (χ1) is 8.15. The Morgan fingerprint density at radius 3 is 2.35 bits per heavy atom. The third-order valence-electron chi connectivity index (χ3n) is 2.56. The zero-order chi connectivity index (χ0) is 12.7. The first-order valence-corrected chi connectivity index (χ1v) is 6.55. The summed E-state index contributed by atoms with van der Waals surface area (Å²) in [5.74, 6) is 0. The van der Waals surface area contributed by atoms with Crippen molar-refractivity contribution in [3.63, 3.8) is 0 Å². The van der Waals surface area contributed by atoms with Crippen molar-refractivity contribution in [2.45, 2.75) is 26.2 Å². The van der Waals surface area contributed by atoms with Crippen LogP contribution >= 0.6 is 23.2 Å². The SMILES string of the molecule is CCCCN(C=O)CCc1cc(Cl)cc(Cl)c1. The Kier molecular flexibility index (Phi) is 6.38. The number of carbonyl (C=O) groups excluding carboxylic acids is 1. The van der Waals surface area contributed by atoms with Crippen LogP contribution in [0.15, 0.2) is 18.2 Å². The van der Waals surface area contributed by atoms with E-state index in [1.807, 2.05) is 12.1 Å². The molecule has 1 rings (SSSR count). The van der Waals surface area contributed by atoms with E-state index in [2.05, 4.69) is 6.92 Å². The lowest BCUT2D eigenvalue weighted by Crippen LogP contribution is -2.25. The maximum atomic E-state index is 10.8. The van der Waals surface area contributed by atoms with Crippen molar-refractivity contribution >= 4 is 29.6 Å². The van der Waals surface area contributed by atoms with Crippen molar-refractivity contribution in [2.24, 2.45) is 0 Å². The second-order valence-corrected chi connectivity index (χ2v) is 4.90. The third kappa shape index (κ3) is 5.42. The van der Waals surface area contributed by atoms with Gasteiger partial charge in [0.25, 0.3) is 0 Å². The number of nitrogens with zero attached hydrogens (tertiary/aromatic N) is 1. The van der Waals surface area contributed by atoms with Gasteiger partial charge in [-0.05, 0) is 36.6 Å². The summed E-state index contributed by atoms with van der Waals surface area (Å²) < 4.78 is 0. The molecule has 0 radical (unpaired) electrons. The van der Waals surface area contributed by atoms with Crippen LogP contribution in [0.25, 0.3) is 0 Å². The fourth-order valence-corrected chi connectivity index (χ4v) is 2.18. The van der Waals surface area contributed by atoms with Gasteiger partial charge in [0.1, 0.15) is 0 Å². The molecule has 2 nitrogen and oxygen atoms in total. The molecule has 0 bridgehead atoms. The molecule has 0 aromatic heterocycles. The van der Waals surface area contributed by atoms with Gasteiger partial charge in [0.2, 0.25) is 6.41 Å². The molecular formula is C13H17Cl2NO. The molecule has 0 atom stereocenters. The minimum atomic E-state index is 0.638. The molecule has 17 heavy (non-hydrogen) atoms. The number of amides is 1. The van der Waals surface area contributed by atoms with Gasteiger partial charge in [-0.25, -0.2) is 0 Å². The lowest BCUT2D eigenvalue weighted by molar-refractivity contribution is -0.118. The molecule has 1 amide bonds. The summed E-state index contributed by atoms with van der Waals surface area (Å²) in [7, 11) is 0. The van der Waals surface area contributed by atoms with Crippen LogP contribution in [0, 0.1) is 0 Å². The van der Waals surface area contributed by atoms with Crippen LogP contribution in [0.1, 0.15) is 25.3 Å². The van der Waals surface area contributed by atoms with Crippen LogP contribution in [0.3, 0.4) is 0 Å². The summed E-state index contributed by atoms with van der Waals surface area (Å²) in [5, 5.41) is 1.28. The maximum absolute atomic E-state index is 10.8. The standard InChI is InChI=1S/C13H17Cl2NO/c1-2-3-5-16(10-17)6-4-11-7-12(14)9-13(15)8-11/h7-10H,2-6H2,1H3. The van der Waals surface area contributed by atoms with Gasteiger partial charge >= 0.3 is 0 Å². The van der Waals surface area contributed by atoms with Crippen LogP contribution in [0.5, 0.6) is 0 Å². The monoisotopic (exact) mass is 273 g/mol. The molecule has 0 saturated heterocycles. The van der Waals surface area contributed by atoms with E-state index in [9.17, 15) is 4.79 Å². The number of hydrogen-bond donors (Lipinski definition) is 0. The Labute approximate surface area is 113 Å². The quantitative estimate of drug-likeness (QED) is 0.693. The van der Waals surface area contributed by atoms with Gasteiger partial charge in [0.05, 0.1) is 0 Å².